The zero-order valence-corrected chi connectivity index (χ0v) is 12.1. The number of halogens is 3. The van der Waals surface area contributed by atoms with Crippen molar-refractivity contribution in [3.8, 4) is 11.5 Å². The summed E-state index contributed by atoms with van der Waals surface area (Å²) < 4.78 is 43.8. The Labute approximate surface area is 125 Å². The van der Waals surface area contributed by atoms with Gasteiger partial charge in [-0.3, -0.25) is 4.68 Å². The summed E-state index contributed by atoms with van der Waals surface area (Å²) in [5.74, 6) is 0.377. The summed E-state index contributed by atoms with van der Waals surface area (Å²) >= 11 is 0. The summed E-state index contributed by atoms with van der Waals surface area (Å²) in [5, 5.41) is 16.3. The van der Waals surface area contributed by atoms with Crippen molar-refractivity contribution in [1.82, 2.24) is 15.1 Å². The first-order valence-electron chi connectivity index (χ1n) is 6.48. The Morgan fingerprint density at radius 2 is 2.00 bits per heavy atom. The highest BCUT2D eigenvalue weighted by Crippen LogP contribution is 2.29. The van der Waals surface area contributed by atoms with Crippen LogP contribution in [-0.2, 0) is 26.3 Å². The monoisotopic (exact) mass is 315 g/mol. The Morgan fingerprint density at radius 3 is 2.59 bits per heavy atom. The number of ether oxygens (including phenoxy) is 1. The molecule has 0 fully saturated rings. The first-order chi connectivity index (χ1) is 10.3. The van der Waals surface area contributed by atoms with Crippen LogP contribution in [0.3, 0.4) is 0 Å². The van der Waals surface area contributed by atoms with Crippen LogP contribution in [0.5, 0.6) is 11.5 Å². The zero-order valence-electron chi connectivity index (χ0n) is 12.1. The third-order valence-corrected chi connectivity index (χ3v) is 3.10. The van der Waals surface area contributed by atoms with Crippen LogP contribution in [0.25, 0.3) is 0 Å². The van der Waals surface area contributed by atoms with Crippen LogP contribution < -0.4 is 10.1 Å². The highest BCUT2D eigenvalue weighted by Gasteiger charge is 2.34. The van der Waals surface area contributed by atoms with E-state index in [9.17, 15) is 18.3 Å². The molecule has 1 aromatic carbocycles. The first kappa shape index (κ1) is 16.2. The van der Waals surface area contributed by atoms with Gasteiger partial charge in [-0.1, -0.05) is 6.07 Å². The maximum atomic E-state index is 12.7. The Morgan fingerprint density at radius 1 is 1.27 bits per heavy atom. The molecule has 22 heavy (non-hydrogen) atoms. The van der Waals surface area contributed by atoms with E-state index in [0.717, 1.165) is 16.3 Å². The number of phenolic OH excluding ortho intramolecular Hbond substituents is 1. The fourth-order valence-electron chi connectivity index (χ4n) is 2.05. The van der Waals surface area contributed by atoms with Crippen LogP contribution in [0.2, 0.25) is 0 Å². The molecule has 0 aliphatic rings. The second-order valence-corrected chi connectivity index (χ2v) is 4.75. The molecule has 0 unspecified atom stereocenters. The number of hydrogen-bond donors (Lipinski definition) is 2. The quantitative estimate of drug-likeness (QED) is 0.890. The van der Waals surface area contributed by atoms with E-state index in [-0.39, 0.29) is 12.3 Å². The zero-order chi connectivity index (χ0) is 16.3. The second-order valence-electron chi connectivity index (χ2n) is 4.75. The number of nitrogens with zero attached hydrogens (tertiary/aromatic N) is 2. The third-order valence-electron chi connectivity index (χ3n) is 3.10. The van der Waals surface area contributed by atoms with E-state index >= 15 is 0 Å². The molecule has 2 aromatic rings. The lowest BCUT2D eigenvalue weighted by Gasteiger charge is -2.07. The van der Waals surface area contributed by atoms with Gasteiger partial charge < -0.3 is 15.2 Å². The van der Waals surface area contributed by atoms with Crippen molar-refractivity contribution in [2.75, 3.05) is 7.11 Å². The van der Waals surface area contributed by atoms with E-state index in [1.807, 2.05) is 0 Å². The maximum Gasteiger partial charge on any atom is 0.433 e. The van der Waals surface area contributed by atoms with Gasteiger partial charge in [-0.15, -0.1) is 0 Å². The van der Waals surface area contributed by atoms with Crippen molar-refractivity contribution in [3.63, 3.8) is 0 Å². The molecule has 8 heteroatoms. The van der Waals surface area contributed by atoms with Gasteiger partial charge in [0.25, 0.3) is 0 Å². The average molecular weight is 315 g/mol. The summed E-state index contributed by atoms with van der Waals surface area (Å²) in [6.45, 7) is 0.613. The minimum Gasteiger partial charge on any atom is -0.504 e. The SMILES string of the molecule is COc1cc(CNCc2cc(C(F)(F)F)n(C)n2)ccc1O. The highest BCUT2D eigenvalue weighted by atomic mass is 19.4. The number of alkyl halides is 3. The van der Waals surface area contributed by atoms with Crippen molar-refractivity contribution in [2.45, 2.75) is 19.3 Å². The number of aromatic nitrogens is 2. The standard InChI is InChI=1S/C14H16F3N3O2/c1-20-13(14(15,16)17)6-10(19-20)8-18-7-9-3-4-11(21)12(5-9)22-2/h3-6,18,21H,7-8H2,1-2H3. The summed E-state index contributed by atoms with van der Waals surface area (Å²) in [6, 6.07) is 5.87. The molecule has 0 aliphatic carbocycles. The molecule has 0 saturated carbocycles. The maximum absolute atomic E-state index is 12.7. The number of methoxy groups -OCH3 is 1. The molecule has 0 spiro atoms. The Balaban J connectivity index is 1.97. The molecule has 2 N–H and O–H groups in total. The molecule has 2 rings (SSSR count). The lowest BCUT2D eigenvalue weighted by molar-refractivity contribution is -0.143. The molecule has 0 aliphatic heterocycles. The summed E-state index contributed by atoms with van der Waals surface area (Å²) in [4.78, 5) is 0. The average Bonchev–Trinajstić information content (AvgIpc) is 2.82. The van der Waals surface area contributed by atoms with Crippen LogP contribution in [0.4, 0.5) is 13.2 Å². The third kappa shape index (κ3) is 3.70. The predicted molar refractivity (Wildman–Crippen MR) is 73.4 cm³/mol. The molecule has 1 heterocycles. The van der Waals surface area contributed by atoms with Gasteiger partial charge in [0.1, 0.15) is 5.69 Å². The number of rotatable bonds is 5. The largest absolute Gasteiger partial charge is 0.504 e. The van der Waals surface area contributed by atoms with Crippen LogP contribution in [-0.4, -0.2) is 22.0 Å². The van der Waals surface area contributed by atoms with E-state index in [0.29, 0.717) is 18.0 Å². The lowest BCUT2D eigenvalue weighted by atomic mass is 10.2. The van der Waals surface area contributed by atoms with Gasteiger partial charge in [-0.25, -0.2) is 0 Å². The highest BCUT2D eigenvalue weighted by molar-refractivity contribution is 5.41. The van der Waals surface area contributed by atoms with Crippen LogP contribution in [0.15, 0.2) is 24.3 Å². The van der Waals surface area contributed by atoms with Crippen LogP contribution >= 0.6 is 0 Å². The molecule has 0 bridgehead atoms. The first-order valence-corrected chi connectivity index (χ1v) is 6.48. The Bertz CT molecular complexity index is 653. The molecular formula is C14H16F3N3O2. The van der Waals surface area contributed by atoms with Gasteiger partial charge >= 0.3 is 6.18 Å². The van der Waals surface area contributed by atoms with Crippen molar-refractivity contribution in [3.05, 3.63) is 41.2 Å². The predicted octanol–water partition coefficient (Wildman–Crippen LogP) is 2.44. The van der Waals surface area contributed by atoms with Crippen molar-refractivity contribution in [1.29, 1.82) is 0 Å². The van der Waals surface area contributed by atoms with Gasteiger partial charge in [-0.05, 0) is 23.8 Å². The Kier molecular flexibility index (Phi) is 4.60. The molecule has 0 amide bonds. The van der Waals surface area contributed by atoms with Crippen LogP contribution in [0, 0.1) is 0 Å². The van der Waals surface area contributed by atoms with E-state index < -0.39 is 11.9 Å². The molecule has 0 saturated heterocycles. The number of aromatic hydroxyl groups is 1. The molecule has 1 aromatic heterocycles. The van der Waals surface area contributed by atoms with Gasteiger partial charge in [-0.2, -0.15) is 18.3 Å². The van der Waals surface area contributed by atoms with Gasteiger partial charge in [0.2, 0.25) is 0 Å². The minimum absolute atomic E-state index is 0.0331. The van der Waals surface area contributed by atoms with Crippen molar-refractivity contribution < 1.29 is 23.0 Å². The fraction of sp³-hybridized carbons (Fsp3) is 0.357. The molecule has 0 atom stereocenters. The summed E-state index contributed by atoms with van der Waals surface area (Å²) in [5.41, 5.74) is 0.359. The molecule has 0 radical (unpaired) electrons. The smallest absolute Gasteiger partial charge is 0.433 e. The van der Waals surface area contributed by atoms with E-state index in [1.165, 1.54) is 20.2 Å². The molecular weight excluding hydrogens is 299 g/mol. The second kappa shape index (κ2) is 6.27. The number of hydrogen-bond acceptors (Lipinski definition) is 4. The molecule has 120 valence electrons. The van der Waals surface area contributed by atoms with Crippen molar-refractivity contribution in [2.24, 2.45) is 7.05 Å². The summed E-state index contributed by atoms with van der Waals surface area (Å²) in [7, 11) is 2.70. The lowest BCUT2D eigenvalue weighted by Crippen LogP contribution is -2.13. The number of benzene rings is 1. The fourth-order valence-corrected chi connectivity index (χ4v) is 2.05. The van der Waals surface area contributed by atoms with Gasteiger partial charge in [0.05, 0.1) is 12.8 Å². The van der Waals surface area contributed by atoms with E-state index in [1.54, 1.807) is 12.1 Å². The number of phenols is 1. The normalized spacial score (nSPS) is 11.7. The number of aryl methyl sites for hydroxylation is 1. The van der Waals surface area contributed by atoms with E-state index in [2.05, 4.69) is 10.4 Å². The van der Waals surface area contributed by atoms with E-state index in [4.69, 9.17) is 4.74 Å². The van der Waals surface area contributed by atoms with Crippen LogP contribution in [0.1, 0.15) is 17.0 Å². The Hall–Kier alpha value is -2.22. The molecule has 5 nitrogen and oxygen atoms in total. The topological polar surface area (TPSA) is 59.3 Å². The van der Waals surface area contributed by atoms with Crippen molar-refractivity contribution >= 4 is 0 Å². The minimum atomic E-state index is -4.41. The number of nitrogens with one attached hydrogen (secondary N) is 1. The van der Waals surface area contributed by atoms with Gasteiger partial charge in [0, 0.05) is 20.1 Å². The van der Waals surface area contributed by atoms with Gasteiger partial charge in [0.15, 0.2) is 11.5 Å². The summed E-state index contributed by atoms with van der Waals surface area (Å²) in [6.07, 6.45) is -4.41.